The number of thioether (sulfide) groups is 1. The second-order valence-corrected chi connectivity index (χ2v) is 7.60. The van der Waals surface area contributed by atoms with E-state index in [4.69, 9.17) is 4.74 Å². The van der Waals surface area contributed by atoms with Crippen molar-refractivity contribution >= 4 is 23.5 Å². The number of rotatable bonds is 4. The van der Waals surface area contributed by atoms with E-state index in [2.05, 4.69) is 19.2 Å². The zero-order chi connectivity index (χ0) is 15.3. The number of anilines is 1. The zero-order valence-corrected chi connectivity index (χ0v) is 13.8. The van der Waals surface area contributed by atoms with Crippen molar-refractivity contribution in [3.8, 4) is 0 Å². The van der Waals surface area contributed by atoms with Gasteiger partial charge in [0.1, 0.15) is 0 Å². The minimum absolute atomic E-state index is 0.0130. The lowest BCUT2D eigenvalue weighted by molar-refractivity contribution is 0.134. The third-order valence-corrected chi connectivity index (χ3v) is 4.69. The van der Waals surface area contributed by atoms with Crippen LogP contribution < -0.4 is 5.32 Å². The zero-order valence-electron chi connectivity index (χ0n) is 13.0. The molecule has 0 unspecified atom stereocenters. The Bertz CT molecular complexity index is 474. The quantitative estimate of drug-likeness (QED) is 0.924. The van der Waals surface area contributed by atoms with Crippen molar-refractivity contribution < 1.29 is 9.53 Å². The first-order valence-corrected chi connectivity index (χ1v) is 8.35. The fourth-order valence-corrected chi connectivity index (χ4v) is 3.41. The van der Waals surface area contributed by atoms with Crippen LogP contribution in [0.4, 0.5) is 10.5 Å². The van der Waals surface area contributed by atoms with Crippen LogP contribution in [0.25, 0.3) is 0 Å². The number of nitrogens with one attached hydrogen (secondary N) is 1. The van der Waals surface area contributed by atoms with Gasteiger partial charge in [0, 0.05) is 35.9 Å². The Kier molecular flexibility index (Phi) is 5.53. The number of carbonyl (C=O) groups is 1. The molecule has 0 saturated carbocycles. The molecular formula is C16H24N2O2S. The summed E-state index contributed by atoms with van der Waals surface area (Å²) < 4.78 is 5.50. The van der Waals surface area contributed by atoms with Gasteiger partial charge in [-0.3, -0.25) is 0 Å². The van der Waals surface area contributed by atoms with E-state index in [1.807, 2.05) is 47.9 Å². The predicted octanol–water partition coefficient (Wildman–Crippen LogP) is 3.58. The van der Waals surface area contributed by atoms with Crippen LogP contribution in [0, 0.1) is 0 Å². The second-order valence-electron chi connectivity index (χ2n) is 5.79. The number of urea groups is 1. The Morgan fingerprint density at radius 1 is 1.38 bits per heavy atom. The lowest BCUT2D eigenvalue weighted by Gasteiger charge is -2.37. The molecule has 1 heterocycles. The summed E-state index contributed by atoms with van der Waals surface area (Å²) in [6.45, 7) is 9.25. The van der Waals surface area contributed by atoms with E-state index < -0.39 is 0 Å². The Balaban J connectivity index is 1.90. The molecule has 116 valence electrons. The van der Waals surface area contributed by atoms with Crippen LogP contribution in [0.5, 0.6) is 0 Å². The van der Waals surface area contributed by atoms with Crippen LogP contribution in [-0.4, -0.2) is 41.1 Å². The maximum absolute atomic E-state index is 12.3. The second kappa shape index (κ2) is 7.18. The summed E-state index contributed by atoms with van der Waals surface area (Å²) in [6, 6.07) is 7.82. The van der Waals surface area contributed by atoms with Crippen molar-refractivity contribution in [3.63, 3.8) is 0 Å². The molecule has 0 bridgehead atoms. The van der Waals surface area contributed by atoms with Gasteiger partial charge in [-0.25, -0.2) is 4.79 Å². The SMILES string of the molecule is CCOCc1ccc(NC(=O)N2CCSC(C)(C)C2)cc1. The van der Waals surface area contributed by atoms with Crippen LogP contribution in [0.3, 0.4) is 0 Å². The summed E-state index contributed by atoms with van der Waals surface area (Å²) in [6.07, 6.45) is 0. The Labute approximate surface area is 131 Å². The smallest absolute Gasteiger partial charge is 0.321 e. The van der Waals surface area contributed by atoms with Crippen LogP contribution in [0.1, 0.15) is 26.3 Å². The van der Waals surface area contributed by atoms with Crippen molar-refractivity contribution in [3.05, 3.63) is 29.8 Å². The van der Waals surface area contributed by atoms with Crippen molar-refractivity contribution in [1.29, 1.82) is 0 Å². The van der Waals surface area contributed by atoms with Gasteiger partial charge < -0.3 is 15.0 Å². The van der Waals surface area contributed by atoms with Gasteiger partial charge in [0.05, 0.1) is 6.61 Å². The van der Waals surface area contributed by atoms with E-state index >= 15 is 0 Å². The van der Waals surface area contributed by atoms with Gasteiger partial charge in [-0.2, -0.15) is 11.8 Å². The molecule has 0 aliphatic carbocycles. The highest BCUT2D eigenvalue weighted by atomic mass is 32.2. The number of carbonyl (C=O) groups excluding carboxylic acids is 1. The molecule has 0 spiro atoms. The first-order chi connectivity index (χ1) is 10.00. The molecule has 1 N–H and O–H groups in total. The molecular weight excluding hydrogens is 284 g/mol. The minimum Gasteiger partial charge on any atom is -0.377 e. The van der Waals surface area contributed by atoms with E-state index in [0.29, 0.717) is 13.2 Å². The van der Waals surface area contributed by atoms with E-state index in [0.717, 1.165) is 30.1 Å². The molecule has 1 aromatic carbocycles. The fourth-order valence-electron chi connectivity index (χ4n) is 2.30. The summed E-state index contributed by atoms with van der Waals surface area (Å²) >= 11 is 1.92. The first kappa shape index (κ1) is 16.2. The normalized spacial score (nSPS) is 17.6. The molecule has 21 heavy (non-hydrogen) atoms. The molecule has 1 fully saturated rings. The van der Waals surface area contributed by atoms with Gasteiger partial charge in [-0.1, -0.05) is 12.1 Å². The highest BCUT2D eigenvalue weighted by Gasteiger charge is 2.29. The molecule has 0 aromatic heterocycles. The third kappa shape index (κ3) is 4.93. The predicted molar refractivity (Wildman–Crippen MR) is 88.9 cm³/mol. The first-order valence-electron chi connectivity index (χ1n) is 7.37. The molecule has 2 rings (SSSR count). The van der Waals surface area contributed by atoms with Gasteiger partial charge >= 0.3 is 6.03 Å². The minimum atomic E-state index is -0.0130. The molecule has 0 atom stereocenters. The van der Waals surface area contributed by atoms with E-state index in [1.165, 1.54) is 0 Å². The van der Waals surface area contributed by atoms with Crippen molar-refractivity contribution in [2.75, 3.05) is 30.8 Å². The molecule has 1 aliphatic heterocycles. The number of benzene rings is 1. The van der Waals surface area contributed by atoms with Crippen LogP contribution in [-0.2, 0) is 11.3 Å². The van der Waals surface area contributed by atoms with E-state index in [1.54, 1.807) is 0 Å². The van der Waals surface area contributed by atoms with Crippen molar-refractivity contribution in [1.82, 2.24) is 4.90 Å². The molecule has 1 saturated heterocycles. The molecule has 2 amide bonds. The standard InChI is InChI=1S/C16H24N2O2S/c1-4-20-11-13-5-7-14(8-6-13)17-15(19)18-9-10-21-16(2,3)12-18/h5-8H,4,9-12H2,1-3H3,(H,17,19). The molecule has 1 aromatic rings. The molecule has 4 nitrogen and oxygen atoms in total. The highest BCUT2D eigenvalue weighted by Crippen LogP contribution is 2.29. The van der Waals surface area contributed by atoms with E-state index in [9.17, 15) is 4.79 Å². The van der Waals surface area contributed by atoms with E-state index in [-0.39, 0.29) is 10.8 Å². The highest BCUT2D eigenvalue weighted by molar-refractivity contribution is 8.00. The van der Waals surface area contributed by atoms with Crippen LogP contribution >= 0.6 is 11.8 Å². The average Bonchev–Trinajstić information content (AvgIpc) is 2.45. The Hall–Kier alpha value is -1.20. The number of amides is 2. The number of hydrogen-bond donors (Lipinski definition) is 1. The number of hydrogen-bond acceptors (Lipinski definition) is 3. The molecule has 1 aliphatic rings. The summed E-state index contributed by atoms with van der Waals surface area (Å²) in [7, 11) is 0. The lowest BCUT2D eigenvalue weighted by Crippen LogP contribution is -2.47. The molecule has 5 heteroatoms. The monoisotopic (exact) mass is 308 g/mol. The lowest BCUT2D eigenvalue weighted by atomic mass is 10.2. The maximum atomic E-state index is 12.3. The van der Waals surface area contributed by atoms with Crippen LogP contribution in [0.15, 0.2) is 24.3 Å². The Morgan fingerprint density at radius 2 is 2.10 bits per heavy atom. The van der Waals surface area contributed by atoms with Crippen LogP contribution in [0.2, 0.25) is 0 Å². The number of nitrogens with zero attached hydrogens (tertiary/aromatic N) is 1. The van der Waals surface area contributed by atoms with Gasteiger partial charge in [0.2, 0.25) is 0 Å². The van der Waals surface area contributed by atoms with Crippen molar-refractivity contribution in [2.45, 2.75) is 32.1 Å². The van der Waals surface area contributed by atoms with Crippen molar-refractivity contribution in [2.24, 2.45) is 0 Å². The third-order valence-electron chi connectivity index (χ3n) is 3.39. The molecule has 0 radical (unpaired) electrons. The Morgan fingerprint density at radius 3 is 2.71 bits per heavy atom. The summed E-state index contributed by atoms with van der Waals surface area (Å²) in [5, 5.41) is 2.97. The maximum Gasteiger partial charge on any atom is 0.321 e. The van der Waals surface area contributed by atoms with Gasteiger partial charge in [-0.05, 0) is 38.5 Å². The van der Waals surface area contributed by atoms with Gasteiger partial charge in [0.15, 0.2) is 0 Å². The summed E-state index contributed by atoms with van der Waals surface area (Å²) in [5.74, 6) is 0.994. The largest absolute Gasteiger partial charge is 0.377 e. The number of ether oxygens (including phenoxy) is 1. The van der Waals surface area contributed by atoms with Gasteiger partial charge in [-0.15, -0.1) is 0 Å². The topological polar surface area (TPSA) is 41.6 Å². The summed E-state index contributed by atoms with van der Waals surface area (Å²) in [5.41, 5.74) is 1.95. The fraction of sp³-hybridized carbons (Fsp3) is 0.562. The summed E-state index contributed by atoms with van der Waals surface area (Å²) in [4.78, 5) is 14.2. The van der Waals surface area contributed by atoms with Gasteiger partial charge in [0.25, 0.3) is 0 Å². The average molecular weight is 308 g/mol.